The molecule has 0 aliphatic rings. The van der Waals surface area contributed by atoms with E-state index in [0.29, 0.717) is 17.9 Å². The average Bonchev–Trinajstić information content (AvgIpc) is 2.47. The molecule has 0 spiro atoms. The predicted molar refractivity (Wildman–Crippen MR) is 102 cm³/mol. The van der Waals surface area contributed by atoms with E-state index in [1.165, 1.54) is 6.07 Å². The zero-order valence-corrected chi connectivity index (χ0v) is 16.5. The van der Waals surface area contributed by atoms with Gasteiger partial charge in [-0.15, -0.1) is 0 Å². The monoisotopic (exact) mass is 363 g/mol. The number of carbonyl (C=O) groups excluding carboxylic acids is 1. The Labute approximate surface area is 155 Å². The fraction of sp³-hybridized carbons (Fsp3) is 0.550. The first-order chi connectivity index (χ1) is 12.0. The molecule has 6 nitrogen and oxygen atoms in total. The van der Waals surface area contributed by atoms with Crippen LogP contribution in [-0.2, 0) is 16.0 Å². The Morgan fingerprint density at radius 3 is 2.35 bits per heavy atom. The molecule has 0 aliphatic carbocycles. The Bertz CT molecular complexity index is 682. The first-order valence-corrected chi connectivity index (χ1v) is 8.80. The minimum Gasteiger partial charge on any atom is -0.493 e. The largest absolute Gasteiger partial charge is 0.493 e. The standard InChI is InChI=1S/C20H29NO5/c1-7-8-14-11-15(25-10-9-17(22)26-20(4,5)6)12-16(19(23)24)18(14)21-13(2)3/h11-12H,7-10H2,1-6H3,(H,23,24). The van der Waals surface area contributed by atoms with Crippen molar-refractivity contribution in [3.63, 3.8) is 0 Å². The topological polar surface area (TPSA) is 85.2 Å². The number of hydrogen-bond acceptors (Lipinski definition) is 5. The van der Waals surface area contributed by atoms with Crippen LogP contribution in [0.15, 0.2) is 17.1 Å². The highest BCUT2D eigenvalue weighted by atomic mass is 16.6. The van der Waals surface area contributed by atoms with Crippen molar-refractivity contribution in [3.8, 4) is 5.75 Å². The van der Waals surface area contributed by atoms with Crippen molar-refractivity contribution in [2.45, 2.75) is 66.4 Å². The molecule has 0 amide bonds. The van der Waals surface area contributed by atoms with E-state index in [1.807, 2.05) is 20.8 Å². The second kappa shape index (κ2) is 9.36. The van der Waals surface area contributed by atoms with Gasteiger partial charge in [0.1, 0.15) is 11.4 Å². The van der Waals surface area contributed by atoms with Crippen LogP contribution >= 0.6 is 0 Å². The van der Waals surface area contributed by atoms with Crippen LogP contribution < -0.4 is 4.74 Å². The van der Waals surface area contributed by atoms with Crippen LogP contribution in [0.4, 0.5) is 5.69 Å². The lowest BCUT2D eigenvalue weighted by atomic mass is 10.0. The van der Waals surface area contributed by atoms with Gasteiger partial charge in [0.05, 0.1) is 24.3 Å². The van der Waals surface area contributed by atoms with E-state index < -0.39 is 11.6 Å². The number of benzene rings is 1. The summed E-state index contributed by atoms with van der Waals surface area (Å²) in [5.74, 6) is -0.991. The molecule has 1 aromatic rings. The molecule has 0 unspecified atom stereocenters. The number of esters is 1. The Morgan fingerprint density at radius 2 is 1.85 bits per heavy atom. The summed E-state index contributed by atoms with van der Waals surface area (Å²) in [7, 11) is 0. The summed E-state index contributed by atoms with van der Waals surface area (Å²) < 4.78 is 10.8. The number of carboxylic acid groups (broad SMARTS) is 1. The van der Waals surface area contributed by atoms with Gasteiger partial charge in [-0.05, 0) is 58.7 Å². The van der Waals surface area contributed by atoms with E-state index in [-0.39, 0.29) is 24.6 Å². The van der Waals surface area contributed by atoms with Gasteiger partial charge in [-0.25, -0.2) is 4.79 Å². The maximum atomic E-state index is 11.8. The van der Waals surface area contributed by atoms with Crippen LogP contribution in [0.25, 0.3) is 0 Å². The molecule has 0 saturated heterocycles. The smallest absolute Gasteiger partial charge is 0.338 e. The van der Waals surface area contributed by atoms with Crippen LogP contribution in [0, 0.1) is 0 Å². The van der Waals surface area contributed by atoms with Crippen molar-refractivity contribution in [1.29, 1.82) is 0 Å². The molecule has 0 bridgehead atoms. The normalized spacial score (nSPS) is 11.0. The Balaban J connectivity index is 3.01. The van der Waals surface area contributed by atoms with Gasteiger partial charge in [0.25, 0.3) is 0 Å². The van der Waals surface area contributed by atoms with Crippen LogP contribution in [0.5, 0.6) is 5.75 Å². The summed E-state index contributed by atoms with van der Waals surface area (Å²) in [6, 6.07) is 3.26. The number of carbonyl (C=O) groups is 2. The van der Waals surface area contributed by atoms with Crippen molar-refractivity contribution in [1.82, 2.24) is 0 Å². The van der Waals surface area contributed by atoms with Gasteiger partial charge >= 0.3 is 11.9 Å². The number of ether oxygens (including phenoxy) is 2. The van der Waals surface area contributed by atoms with E-state index in [1.54, 1.807) is 26.8 Å². The quantitative estimate of drug-likeness (QED) is 0.540. The molecule has 0 fully saturated rings. The van der Waals surface area contributed by atoms with Crippen molar-refractivity contribution in [3.05, 3.63) is 23.3 Å². The Kier molecular flexibility index (Phi) is 7.80. The number of aromatic carboxylic acids is 1. The van der Waals surface area contributed by atoms with Crippen molar-refractivity contribution in [2.24, 2.45) is 4.99 Å². The highest BCUT2D eigenvalue weighted by Crippen LogP contribution is 2.31. The number of hydrogen-bond donors (Lipinski definition) is 1. The molecule has 0 radical (unpaired) electrons. The molecule has 0 atom stereocenters. The van der Waals surface area contributed by atoms with Crippen LogP contribution in [0.2, 0.25) is 0 Å². The van der Waals surface area contributed by atoms with Gasteiger partial charge in [0, 0.05) is 5.71 Å². The van der Waals surface area contributed by atoms with E-state index in [9.17, 15) is 14.7 Å². The summed E-state index contributed by atoms with van der Waals surface area (Å²) in [5.41, 5.74) is 1.63. The molecule has 1 N–H and O–H groups in total. The van der Waals surface area contributed by atoms with Crippen LogP contribution in [0.3, 0.4) is 0 Å². The fourth-order valence-corrected chi connectivity index (χ4v) is 2.37. The minimum absolute atomic E-state index is 0.0940. The number of rotatable bonds is 8. The summed E-state index contributed by atoms with van der Waals surface area (Å²) in [4.78, 5) is 27.8. The van der Waals surface area contributed by atoms with Crippen molar-refractivity contribution in [2.75, 3.05) is 6.61 Å². The lowest BCUT2D eigenvalue weighted by Gasteiger charge is -2.19. The lowest BCUT2D eigenvalue weighted by molar-refractivity contribution is -0.155. The van der Waals surface area contributed by atoms with Crippen molar-refractivity contribution < 1.29 is 24.2 Å². The van der Waals surface area contributed by atoms with Crippen LogP contribution in [-0.4, -0.2) is 35.0 Å². The second-order valence-electron chi connectivity index (χ2n) is 7.28. The molecule has 0 aromatic heterocycles. The average molecular weight is 363 g/mol. The predicted octanol–water partition coefficient (Wildman–Crippen LogP) is 4.56. The van der Waals surface area contributed by atoms with Gasteiger partial charge in [-0.2, -0.15) is 0 Å². The maximum absolute atomic E-state index is 11.8. The molecule has 144 valence electrons. The van der Waals surface area contributed by atoms with E-state index in [4.69, 9.17) is 9.47 Å². The number of aliphatic imine (C=N–C) groups is 1. The lowest BCUT2D eigenvalue weighted by Crippen LogP contribution is -2.24. The third kappa shape index (κ3) is 7.25. The van der Waals surface area contributed by atoms with E-state index in [2.05, 4.69) is 4.99 Å². The molecule has 0 aliphatic heterocycles. The molecule has 0 saturated carbocycles. The third-order valence-electron chi connectivity index (χ3n) is 3.24. The van der Waals surface area contributed by atoms with Gasteiger partial charge in [0.2, 0.25) is 0 Å². The zero-order chi connectivity index (χ0) is 19.9. The first kappa shape index (κ1) is 21.7. The zero-order valence-electron chi connectivity index (χ0n) is 16.5. The third-order valence-corrected chi connectivity index (χ3v) is 3.24. The summed E-state index contributed by atoms with van der Waals surface area (Å²) >= 11 is 0. The molecule has 26 heavy (non-hydrogen) atoms. The number of aryl methyl sites for hydroxylation is 1. The fourth-order valence-electron chi connectivity index (χ4n) is 2.37. The SMILES string of the molecule is CCCc1cc(OCCC(=O)OC(C)(C)C)cc(C(=O)O)c1N=C(C)C. The summed E-state index contributed by atoms with van der Waals surface area (Å²) in [6.07, 6.45) is 1.64. The van der Waals surface area contributed by atoms with Gasteiger partial charge in [0.15, 0.2) is 0 Å². The molecule has 1 aromatic carbocycles. The first-order valence-electron chi connectivity index (χ1n) is 8.80. The highest BCUT2D eigenvalue weighted by molar-refractivity contribution is 5.97. The highest BCUT2D eigenvalue weighted by Gasteiger charge is 2.18. The number of nitrogens with zero attached hydrogens (tertiary/aromatic N) is 1. The van der Waals surface area contributed by atoms with Crippen LogP contribution in [0.1, 0.15) is 70.3 Å². The van der Waals surface area contributed by atoms with Gasteiger partial charge in [-0.3, -0.25) is 9.79 Å². The van der Waals surface area contributed by atoms with Gasteiger partial charge < -0.3 is 14.6 Å². The molecular formula is C20H29NO5. The Morgan fingerprint density at radius 1 is 1.19 bits per heavy atom. The summed E-state index contributed by atoms with van der Waals surface area (Å²) in [5, 5.41) is 9.54. The Hall–Kier alpha value is -2.37. The molecular weight excluding hydrogens is 334 g/mol. The van der Waals surface area contributed by atoms with E-state index >= 15 is 0 Å². The molecule has 6 heteroatoms. The molecule has 0 heterocycles. The maximum Gasteiger partial charge on any atom is 0.338 e. The second-order valence-corrected chi connectivity index (χ2v) is 7.28. The van der Waals surface area contributed by atoms with Gasteiger partial charge in [-0.1, -0.05) is 13.3 Å². The van der Waals surface area contributed by atoms with E-state index in [0.717, 1.165) is 17.7 Å². The summed E-state index contributed by atoms with van der Waals surface area (Å²) in [6.45, 7) is 11.2. The molecule has 1 rings (SSSR count). The number of carboxylic acids is 1. The minimum atomic E-state index is -1.06. The van der Waals surface area contributed by atoms with Crippen molar-refractivity contribution >= 4 is 23.3 Å².